The van der Waals surface area contributed by atoms with Crippen LogP contribution in [-0.2, 0) is 4.79 Å². The minimum absolute atomic E-state index is 0.0966. The summed E-state index contributed by atoms with van der Waals surface area (Å²) in [6.45, 7) is 14.8. The molecule has 0 aliphatic carbocycles. The molecule has 0 aromatic carbocycles. The van der Waals surface area contributed by atoms with Crippen LogP contribution < -0.4 is 10.6 Å². The lowest BCUT2D eigenvalue weighted by molar-refractivity contribution is -0.123. The lowest BCUT2D eigenvalue weighted by Crippen LogP contribution is -2.51. The standard InChI is InChI=1S/C15H31N3O/c1-14(2,3)15(4,5)11-17-13(19)9-12-10-16-7-8-18(12)6/h12,16H,7-11H2,1-6H3,(H,17,19). The molecule has 0 aromatic heterocycles. The Kier molecular flexibility index (Phi) is 5.39. The Morgan fingerprint density at radius 1 is 1.32 bits per heavy atom. The van der Waals surface area contributed by atoms with Crippen molar-refractivity contribution in [1.82, 2.24) is 15.5 Å². The minimum Gasteiger partial charge on any atom is -0.355 e. The third-order valence-corrected chi connectivity index (χ3v) is 4.82. The summed E-state index contributed by atoms with van der Waals surface area (Å²) in [7, 11) is 2.10. The Hall–Kier alpha value is -0.610. The van der Waals surface area contributed by atoms with E-state index >= 15 is 0 Å². The lowest BCUT2D eigenvalue weighted by atomic mass is 9.69. The fraction of sp³-hybridized carbons (Fsp3) is 0.933. The summed E-state index contributed by atoms with van der Waals surface area (Å²) in [6.07, 6.45) is 0.587. The third-order valence-electron chi connectivity index (χ3n) is 4.82. The quantitative estimate of drug-likeness (QED) is 0.812. The summed E-state index contributed by atoms with van der Waals surface area (Å²) in [5.41, 5.74) is 0.281. The van der Waals surface area contributed by atoms with Crippen molar-refractivity contribution in [3.8, 4) is 0 Å². The zero-order valence-corrected chi connectivity index (χ0v) is 13.5. The number of likely N-dealkylation sites (N-methyl/N-ethyl adjacent to an activating group) is 1. The number of nitrogens with one attached hydrogen (secondary N) is 2. The molecule has 1 aliphatic rings. The molecule has 1 atom stereocenters. The first kappa shape index (κ1) is 16.4. The molecule has 0 radical (unpaired) electrons. The van der Waals surface area contributed by atoms with Crippen LogP contribution in [0.3, 0.4) is 0 Å². The molecule has 19 heavy (non-hydrogen) atoms. The maximum atomic E-state index is 12.1. The van der Waals surface area contributed by atoms with Crippen molar-refractivity contribution in [1.29, 1.82) is 0 Å². The van der Waals surface area contributed by atoms with Crippen LogP contribution in [-0.4, -0.2) is 50.1 Å². The Morgan fingerprint density at radius 2 is 1.95 bits per heavy atom. The van der Waals surface area contributed by atoms with Gasteiger partial charge in [0, 0.05) is 38.6 Å². The zero-order chi connectivity index (χ0) is 14.7. The largest absolute Gasteiger partial charge is 0.355 e. The molecule has 1 fully saturated rings. The van der Waals surface area contributed by atoms with E-state index in [1.165, 1.54) is 0 Å². The van der Waals surface area contributed by atoms with Crippen LogP contribution in [0, 0.1) is 10.8 Å². The molecule has 2 N–H and O–H groups in total. The molecule has 0 saturated carbocycles. The van der Waals surface area contributed by atoms with Crippen molar-refractivity contribution in [3.05, 3.63) is 0 Å². The van der Waals surface area contributed by atoms with E-state index in [4.69, 9.17) is 0 Å². The van der Waals surface area contributed by atoms with Crippen LogP contribution in [0.4, 0.5) is 0 Å². The smallest absolute Gasteiger partial charge is 0.221 e. The molecular weight excluding hydrogens is 238 g/mol. The topological polar surface area (TPSA) is 44.4 Å². The van der Waals surface area contributed by atoms with Gasteiger partial charge in [0.15, 0.2) is 0 Å². The van der Waals surface area contributed by atoms with Gasteiger partial charge in [0.2, 0.25) is 5.91 Å². The van der Waals surface area contributed by atoms with Gasteiger partial charge in [-0.3, -0.25) is 4.79 Å². The minimum atomic E-state index is 0.0966. The monoisotopic (exact) mass is 269 g/mol. The van der Waals surface area contributed by atoms with Gasteiger partial charge in [-0.05, 0) is 17.9 Å². The molecule has 4 heteroatoms. The van der Waals surface area contributed by atoms with E-state index < -0.39 is 0 Å². The highest BCUT2D eigenvalue weighted by Crippen LogP contribution is 2.36. The molecular formula is C15H31N3O. The van der Waals surface area contributed by atoms with E-state index in [-0.39, 0.29) is 16.7 Å². The second-order valence-corrected chi connectivity index (χ2v) is 7.45. The second kappa shape index (κ2) is 6.23. The first-order valence-corrected chi connectivity index (χ1v) is 7.31. The van der Waals surface area contributed by atoms with E-state index in [0.29, 0.717) is 12.5 Å². The van der Waals surface area contributed by atoms with Crippen molar-refractivity contribution < 1.29 is 4.79 Å². The van der Waals surface area contributed by atoms with Crippen LogP contribution in [0.2, 0.25) is 0 Å². The van der Waals surface area contributed by atoms with Crippen LogP contribution >= 0.6 is 0 Å². The number of rotatable bonds is 4. The molecule has 1 aliphatic heterocycles. The van der Waals surface area contributed by atoms with Crippen LogP contribution in [0.5, 0.6) is 0 Å². The predicted octanol–water partition coefficient (Wildman–Crippen LogP) is 1.47. The van der Waals surface area contributed by atoms with E-state index in [2.05, 4.69) is 57.2 Å². The number of hydrogen-bond donors (Lipinski definition) is 2. The summed E-state index contributed by atoms with van der Waals surface area (Å²) in [4.78, 5) is 14.3. The number of hydrogen-bond acceptors (Lipinski definition) is 3. The lowest BCUT2D eigenvalue weighted by Gasteiger charge is -2.39. The summed E-state index contributed by atoms with van der Waals surface area (Å²) < 4.78 is 0. The van der Waals surface area contributed by atoms with Gasteiger partial charge in [0.1, 0.15) is 0 Å². The Balaban J connectivity index is 2.39. The fourth-order valence-corrected chi connectivity index (χ4v) is 1.96. The van der Waals surface area contributed by atoms with Crippen LogP contribution in [0.15, 0.2) is 0 Å². The molecule has 1 unspecified atom stereocenters. The highest BCUT2D eigenvalue weighted by Gasteiger charge is 2.33. The molecule has 1 amide bonds. The van der Waals surface area contributed by atoms with Gasteiger partial charge in [0.25, 0.3) is 0 Å². The molecule has 0 bridgehead atoms. The average molecular weight is 269 g/mol. The van der Waals surface area contributed by atoms with Gasteiger partial charge in [0.05, 0.1) is 0 Å². The van der Waals surface area contributed by atoms with Crippen molar-refractivity contribution in [2.75, 3.05) is 33.2 Å². The summed E-state index contributed by atoms with van der Waals surface area (Å²) >= 11 is 0. The molecule has 4 nitrogen and oxygen atoms in total. The van der Waals surface area contributed by atoms with Gasteiger partial charge in [-0.25, -0.2) is 0 Å². The first-order valence-electron chi connectivity index (χ1n) is 7.31. The number of carbonyl (C=O) groups is 1. The molecule has 0 spiro atoms. The third kappa shape index (κ3) is 4.77. The normalized spacial score (nSPS) is 22.3. The Morgan fingerprint density at radius 3 is 2.47 bits per heavy atom. The molecule has 1 rings (SSSR count). The van der Waals surface area contributed by atoms with Gasteiger partial charge in [-0.1, -0.05) is 34.6 Å². The highest BCUT2D eigenvalue weighted by molar-refractivity contribution is 5.76. The van der Waals surface area contributed by atoms with Gasteiger partial charge < -0.3 is 15.5 Å². The van der Waals surface area contributed by atoms with Gasteiger partial charge in [-0.15, -0.1) is 0 Å². The highest BCUT2D eigenvalue weighted by atomic mass is 16.1. The summed E-state index contributed by atoms with van der Waals surface area (Å²) in [6, 6.07) is 0.325. The van der Waals surface area contributed by atoms with E-state index in [0.717, 1.165) is 26.2 Å². The van der Waals surface area contributed by atoms with Crippen molar-refractivity contribution in [2.24, 2.45) is 10.8 Å². The number of piperazine rings is 1. The first-order chi connectivity index (χ1) is 8.63. The van der Waals surface area contributed by atoms with E-state index in [1.54, 1.807) is 0 Å². The van der Waals surface area contributed by atoms with Crippen molar-refractivity contribution in [2.45, 2.75) is 47.1 Å². The molecule has 112 valence electrons. The Labute approximate surface area is 118 Å². The van der Waals surface area contributed by atoms with Crippen LogP contribution in [0.1, 0.15) is 41.0 Å². The maximum Gasteiger partial charge on any atom is 0.221 e. The van der Waals surface area contributed by atoms with E-state index in [1.807, 2.05) is 0 Å². The van der Waals surface area contributed by atoms with Gasteiger partial charge >= 0.3 is 0 Å². The summed E-state index contributed by atoms with van der Waals surface area (Å²) in [5.74, 6) is 0.165. The SMILES string of the molecule is CN1CCNCC1CC(=O)NCC(C)(C)C(C)(C)C. The molecule has 0 aromatic rings. The fourth-order valence-electron chi connectivity index (χ4n) is 1.96. The molecule has 1 heterocycles. The maximum absolute atomic E-state index is 12.1. The molecule has 1 saturated heterocycles. The Bertz CT molecular complexity index is 307. The van der Waals surface area contributed by atoms with E-state index in [9.17, 15) is 4.79 Å². The van der Waals surface area contributed by atoms with Crippen molar-refractivity contribution >= 4 is 5.91 Å². The number of amides is 1. The van der Waals surface area contributed by atoms with Gasteiger partial charge in [-0.2, -0.15) is 0 Å². The van der Waals surface area contributed by atoms with Crippen LogP contribution in [0.25, 0.3) is 0 Å². The number of nitrogens with zero attached hydrogens (tertiary/aromatic N) is 1. The number of carbonyl (C=O) groups excluding carboxylic acids is 1. The second-order valence-electron chi connectivity index (χ2n) is 7.45. The summed E-state index contributed by atoms with van der Waals surface area (Å²) in [5, 5.41) is 6.45. The predicted molar refractivity (Wildman–Crippen MR) is 80.2 cm³/mol. The van der Waals surface area contributed by atoms with Crippen molar-refractivity contribution in [3.63, 3.8) is 0 Å². The average Bonchev–Trinajstić information content (AvgIpc) is 2.28. The zero-order valence-electron chi connectivity index (χ0n) is 13.5.